The molecule has 0 aliphatic carbocycles. The molecule has 0 saturated heterocycles. The summed E-state index contributed by atoms with van der Waals surface area (Å²) < 4.78 is 13.2. The zero-order chi connectivity index (χ0) is 26.1. The third kappa shape index (κ3) is 7.56. The molecule has 0 bridgehead atoms. The fourth-order valence-corrected chi connectivity index (χ4v) is 3.70. The van der Waals surface area contributed by atoms with E-state index in [0.29, 0.717) is 28.6 Å². The van der Waals surface area contributed by atoms with Crippen molar-refractivity contribution < 1.29 is 19.1 Å². The summed E-state index contributed by atoms with van der Waals surface area (Å²) in [5.74, 6) is -0.500. The Morgan fingerprint density at radius 3 is 2.47 bits per heavy atom. The van der Waals surface area contributed by atoms with Crippen LogP contribution in [0.2, 0.25) is 5.02 Å². The van der Waals surface area contributed by atoms with Crippen molar-refractivity contribution in [3.05, 3.63) is 64.9 Å². The predicted molar refractivity (Wildman–Crippen MR) is 133 cm³/mol. The van der Waals surface area contributed by atoms with E-state index in [4.69, 9.17) is 11.6 Å². The van der Waals surface area contributed by atoms with Gasteiger partial charge in [-0.05, 0) is 65.9 Å². The van der Waals surface area contributed by atoms with Gasteiger partial charge in [0, 0.05) is 30.3 Å². The van der Waals surface area contributed by atoms with Gasteiger partial charge >= 0.3 is 0 Å². The predicted octanol–water partition coefficient (Wildman–Crippen LogP) is 3.25. The minimum Gasteiger partial charge on any atom is -0.396 e. The lowest BCUT2D eigenvalue weighted by Gasteiger charge is -2.31. The number of aliphatic hydroxyl groups is 1. The highest BCUT2D eigenvalue weighted by Gasteiger charge is 2.31. The number of halogens is 2. The summed E-state index contributed by atoms with van der Waals surface area (Å²) in [7, 11) is 0. The van der Waals surface area contributed by atoms with E-state index in [1.54, 1.807) is 24.3 Å². The maximum absolute atomic E-state index is 13.4. The molecular weight excluding hydrogens is 487 g/mol. The molecule has 1 atom stereocenters. The molecule has 2 aromatic carbocycles. The van der Waals surface area contributed by atoms with Crippen molar-refractivity contribution in [3.8, 4) is 11.4 Å². The van der Waals surface area contributed by atoms with Gasteiger partial charge in [0.05, 0.1) is 0 Å². The molecule has 0 aliphatic heterocycles. The lowest BCUT2D eigenvalue weighted by Crippen LogP contribution is -2.46. The number of aromatic nitrogens is 4. The molecule has 0 unspecified atom stereocenters. The first-order valence-electron chi connectivity index (χ1n) is 11.8. The van der Waals surface area contributed by atoms with Crippen LogP contribution in [-0.4, -0.2) is 61.7 Å². The highest BCUT2D eigenvalue weighted by Crippen LogP contribution is 2.24. The fourth-order valence-electron chi connectivity index (χ4n) is 3.57. The standard InChI is InChI=1S/C25H30ClFN6O3/c1-17(2)12-13-28-25(36)23(18-4-8-20(26)9-5-18)32(14-3-15-34)22(35)16-33-30-24(29-31-33)19-6-10-21(27)11-7-19/h4-11,17,23,34H,3,12-16H2,1-2H3,(H,28,36)/t23-/m0/s1. The lowest BCUT2D eigenvalue weighted by atomic mass is 10.0. The SMILES string of the molecule is CC(C)CCNC(=O)[C@H](c1ccc(Cl)cc1)N(CCCO)C(=O)Cn1nnc(-c2ccc(F)cc2)n1. The van der Waals surface area contributed by atoms with Gasteiger partial charge in [-0.15, -0.1) is 10.2 Å². The Morgan fingerprint density at radius 1 is 1.14 bits per heavy atom. The number of rotatable bonds is 12. The average molecular weight is 517 g/mol. The number of tetrazole rings is 1. The molecule has 1 aromatic heterocycles. The number of hydrogen-bond acceptors (Lipinski definition) is 6. The van der Waals surface area contributed by atoms with E-state index >= 15 is 0 Å². The number of aliphatic hydroxyl groups excluding tert-OH is 1. The first-order chi connectivity index (χ1) is 17.3. The van der Waals surface area contributed by atoms with Crippen LogP contribution in [0.15, 0.2) is 48.5 Å². The molecule has 36 heavy (non-hydrogen) atoms. The Bertz CT molecular complexity index is 1140. The fraction of sp³-hybridized carbons (Fsp3) is 0.400. The monoisotopic (exact) mass is 516 g/mol. The molecule has 1 heterocycles. The minimum atomic E-state index is -0.937. The average Bonchev–Trinajstić information content (AvgIpc) is 3.31. The molecule has 2 N–H and O–H groups in total. The zero-order valence-electron chi connectivity index (χ0n) is 20.3. The van der Waals surface area contributed by atoms with Gasteiger partial charge in [-0.25, -0.2) is 4.39 Å². The van der Waals surface area contributed by atoms with Gasteiger partial charge in [0.15, 0.2) is 0 Å². The number of hydrogen-bond donors (Lipinski definition) is 2. The smallest absolute Gasteiger partial charge is 0.247 e. The first kappa shape index (κ1) is 27.2. The lowest BCUT2D eigenvalue weighted by molar-refractivity contribution is -0.142. The normalized spacial score (nSPS) is 11.9. The number of carbonyl (C=O) groups excluding carboxylic acids is 2. The van der Waals surface area contributed by atoms with E-state index < -0.39 is 11.9 Å². The van der Waals surface area contributed by atoms with Crippen molar-refractivity contribution in [1.82, 2.24) is 30.4 Å². The van der Waals surface area contributed by atoms with Gasteiger partial charge in [-0.3, -0.25) is 9.59 Å². The Balaban J connectivity index is 1.85. The molecule has 0 saturated carbocycles. The molecule has 0 aliphatic rings. The van der Waals surface area contributed by atoms with E-state index in [-0.39, 0.29) is 43.7 Å². The second kappa shape index (κ2) is 13.1. The van der Waals surface area contributed by atoms with Gasteiger partial charge in [0.1, 0.15) is 18.4 Å². The number of carbonyl (C=O) groups is 2. The Morgan fingerprint density at radius 2 is 1.83 bits per heavy atom. The maximum Gasteiger partial charge on any atom is 0.247 e. The summed E-state index contributed by atoms with van der Waals surface area (Å²) in [6.07, 6.45) is 1.07. The van der Waals surface area contributed by atoms with Crippen LogP contribution in [0, 0.1) is 11.7 Å². The van der Waals surface area contributed by atoms with Crippen molar-refractivity contribution in [1.29, 1.82) is 0 Å². The summed E-state index contributed by atoms with van der Waals surface area (Å²) in [5, 5.41) is 25.0. The van der Waals surface area contributed by atoms with Gasteiger partial charge < -0.3 is 15.3 Å². The number of nitrogens with zero attached hydrogens (tertiary/aromatic N) is 5. The van der Waals surface area contributed by atoms with Crippen LogP contribution in [0.5, 0.6) is 0 Å². The summed E-state index contributed by atoms with van der Waals surface area (Å²) >= 11 is 6.05. The van der Waals surface area contributed by atoms with Crippen LogP contribution < -0.4 is 5.32 Å². The van der Waals surface area contributed by atoms with Crippen LogP contribution in [0.4, 0.5) is 4.39 Å². The Labute approximate surface area is 214 Å². The third-order valence-corrected chi connectivity index (χ3v) is 5.73. The number of benzene rings is 2. The summed E-state index contributed by atoms with van der Waals surface area (Å²) in [6, 6.07) is 11.4. The molecule has 9 nitrogen and oxygen atoms in total. The number of nitrogens with one attached hydrogen (secondary N) is 1. The van der Waals surface area contributed by atoms with Crippen LogP contribution in [0.25, 0.3) is 11.4 Å². The third-order valence-electron chi connectivity index (χ3n) is 5.48. The Hall–Kier alpha value is -3.37. The zero-order valence-corrected chi connectivity index (χ0v) is 21.0. The van der Waals surface area contributed by atoms with Crippen LogP contribution in [0.3, 0.4) is 0 Å². The second-order valence-electron chi connectivity index (χ2n) is 8.74. The Kier molecular flexibility index (Phi) is 9.89. The van der Waals surface area contributed by atoms with Gasteiger partial charge in [-0.1, -0.05) is 37.6 Å². The quantitative estimate of drug-likeness (QED) is 0.382. The molecule has 192 valence electrons. The molecule has 3 rings (SSSR count). The highest BCUT2D eigenvalue weighted by molar-refractivity contribution is 6.30. The van der Waals surface area contributed by atoms with E-state index in [9.17, 15) is 19.1 Å². The molecule has 0 radical (unpaired) electrons. The van der Waals surface area contributed by atoms with Crippen LogP contribution in [0.1, 0.15) is 38.3 Å². The molecule has 11 heteroatoms. The van der Waals surface area contributed by atoms with E-state index in [1.807, 2.05) is 0 Å². The van der Waals surface area contributed by atoms with E-state index in [0.717, 1.165) is 11.2 Å². The summed E-state index contributed by atoms with van der Waals surface area (Å²) in [4.78, 5) is 29.3. The molecule has 2 amide bonds. The maximum atomic E-state index is 13.4. The topological polar surface area (TPSA) is 113 Å². The van der Waals surface area contributed by atoms with Gasteiger partial charge in [-0.2, -0.15) is 4.80 Å². The van der Waals surface area contributed by atoms with Gasteiger partial charge in [0.2, 0.25) is 17.6 Å². The highest BCUT2D eigenvalue weighted by atomic mass is 35.5. The van der Waals surface area contributed by atoms with Crippen LogP contribution >= 0.6 is 11.6 Å². The molecule has 3 aromatic rings. The van der Waals surface area contributed by atoms with E-state index in [1.165, 1.54) is 29.2 Å². The minimum absolute atomic E-state index is 0.139. The largest absolute Gasteiger partial charge is 0.396 e. The van der Waals surface area contributed by atoms with Crippen molar-refractivity contribution in [3.63, 3.8) is 0 Å². The summed E-state index contributed by atoms with van der Waals surface area (Å²) in [6.45, 7) is 4.30. The van der Waals surface area contributed by atoms with Crippen LogP contribution in [-0.2, 0) is 16.1 Å². The number of amides is 2. The van der Waals surface area contributed by atoms with Crippen molar-refractivity contribution in [2.24, 2.45) is 5.92 Å². The van der Waals surface area contributed by atoms with Crippen molar-refractivity contribution >= 4 is 23.4 Å². The van der Waals surface area contributed by atoms with Gasteiger partial charge in [0.25, 0.3) is 0 Å². The first-order valence-corrected chi connectivity index (χ1v) is 12.1. The van der Waals surface area contributed by atoms with Crippen molar-refractivity contribution in [2.45, 2.75) is 39.3 Å². The molecule has 0 spiro atoms. The van der Waals surface area contributed by atoms with Crippen molar-refractivity contribution in [2.75, 3.05) is 19.7 Å². The van der Waals surface area contributed by atoms with E-state index in [2.05, 4.69) is 34.6 Å². The molecule has 0 fully saturated rings. The summed E-state index contributed by atoms with van der Waals surface area (Å²) in [5.41, 5.74) is 1.14. The second-order valence-corrected chi connectivity index (χ2v) is 9.18. The molecular formula is C25H30ClFN6O3.